The van der Waals surface area contributed by atoms with Crippen molar-refractivity contribution in [3.63, 3.8) is 0 Å². The summed E-state index contributed by atoms with van der Waals surface area (Å²) in [6, 6.07) is 16.2. The molecule has 0 aliphatic carbocycles. The van der Waals surface area contributed by atoms with Crippen LogP contribution in [0.5, 0.6) is 11.5 Å². The number of rotatable bonds is 10. The minimum Gasteiger partial charge on any atom is -0.493 e. The number of hydrogen-bond acceptors (Lipinski definition) is 4. The Labute approximate surface area is 190 Å². The smallest absolute Gasteiger partial charge is 0.191 e. The van der Waals surface area contributed by atoms with Gasteiger partial charge in [-0.25, -0.2) is 9.98 Å². The first-order chi connectivity index (χ1) is 15.6. The SMILES string of the molecule is CCNC(=NCc1cccc(Cn2ccnc2C)c1)NCC(C)Oc1ccccc1OC. The lowest BCUT2D eigenvalue weighted by Crippen LogP contribution is -2.41. The monoisotopic (exact) mass is 435 g/mol. The number of benzene rings is 2. The van der Waals surface area contributed by atoms with E-state index in [9.17, 15) is 0 Å². The predicted octanol–water partition coefficient (Wildman–Crippen LogP) is 3.77. The van der Waals surface area contributed by atoms with Crippen LogP contribution in [-0.2, 0) is 13.1 Å². The Bertz CT molecular complexity index is 1010. The standard InChI is InChI=1S/C25H33N5O2/c1-5-26-25(28-16-19(2)32-24-12-7-6-11-23(24)31-4)29-17-21-9-8-10-22(15-21)18-30-14-13-27-20(30)3/h6-15,19H,5,16-18H2,1-4H3,(H2,26,28,29). The number of hydrogen-bond donors (Lipinski definition) is 2. The number of methoxy groups -OCH3 is 1. The largest absolute Gasteiger partial charge is 0.493 e. The fourth-order valence-electron chi connectivity index (χ4n) is 3.32. The first kappa shape index (κ1) is 23.2. The maximum Gasteiger partial charge on any atom is 0.191 e. The van der Waals surface area contributed by atoms with Gasteiger partial charge in [0.15, 0.2) is 17.5 Å². The second-order valence-corrected chi connectivity index (χ2v) is 7.58. The summed E-state index contributed by atoms with van der Waals surface area (Å²) < 4.78 is 13.5. The van der Waals surface area contributed by atoms with Gasteiger partial charge in [-0.05, 0) is 44.0 Å². The lowest BCUT2D eigenvalue weighted by molar-refractivity contribution is 0.213. The molecule has 2 aromatic carbocycles. The van der Waals surface area contributed by atoms with Crippen molar-refractivity contribution in [3.05, 3.63) is 77.9 Å². The maximum absolute atomic E-state index is 6.03. The van der Waals surface area contributed by atoms with E-state index in [-0.39, 0.29) is 6.10 Å². The topological polar surface area (TPSA) is 72.7 Å². The molecule has 0 aliphatic rings. The second kappa shape index (κ2) is 11.8. The fraction of sp³-hybridized carbons (Fsp3) is 0.360. The van der Waals surface area contributed by atoms with E-state index < -0.39 is 0 Å². The van der Waals surface area contributed by atoms with Crippen LogP contribution >= 0.6 is 0 Å². The zero-order valence-electron chi connectivity index (χ0n) is 19.3. The number of nitrogens with one attached hydrogen (secondary N) is 2. The van der Waals surface area contributed by atoms with Gasteiger partial charge in [-0.2, -0.15) is 0 Å². The summed E-state index contributed by atoms with van der Waals surface area (Å²) in [7, 11) is 1.65. The van der Waals surface area contributed by atoms with Gasteiger partial charge in [-0.15, -0.1) is 0 Å². The maximum atomic E-state index is 6.03. The molecule has 7 nitrogen and oxygen atoms in total. The van der Waals surface area contributed by atoms with Gasteiger partial charge < -0.3 is 24.7 Å². The number of para-hydroxylation sites is 2. The van der Waals surface area contributed by atoms with E-state index in [2.05, 4.69) is 51.4 Å². The van der Waals surface area contributed by atoms with Crippen LogP contribution < -0.4 is 20.1 Å². The highest BCUT2D eigenvalue weighted by molar-refractivity contribution is 5.79. The van der Waals surface area contributed by atoms with Gasteiger partial charge in [0.05, 0.1) is 20.2 Å². The van der Waals surface area contributed by atoms with E-state index in [1.807, 2.05) is 50.5 Å². The number of guanidine groups is 1. The highest BCUT2D eigenvalue weighted by Crippen LogP contribution is 2.26. The average Bonchev–Trinajstić information content (AvgIpc) is 3.20. The normalized spacial score (nSPS) is 12.3. The molecule has 1 atom stereocenters. The molecule has 3 aromatic rings. The molecule has 2 N–H and O–H groups in total. The molecule has 0 radical (unpaired) electrons. The Balaban J connectivity index is 1.57. The molecule has 32 heavy (non-hydrogen) atoms. The summed E-state index contributed by atoms with van der Waals surface area (Å²) in [6.45, 7) is 8.89. The van der Waals surface area contributed by atoms with Gasteiger partial charge >= 0.3 is 0 Å². The lowest BCUT2D eigenvalue weighted by Gasteiger charge is -2.19. The molecule has 0 saturated heterocycles. The quantitative estimate of drug-likeness (QED) is 0.375. The molecule has 170 valence electrons. The zero-order chi connectivity index (χ0) is 22.8. The van der Waals surface area contributed by atoms with Crippen LogP contribution in [0.15, 0.2) is 65.9 Å². The number of aromatic nitrogens is 2. The molecule has 7 heteroatoms. The third-order valence-corrected chi connectivity index (χ3v) is 4.99. The summed E-state index contributed by atoms with van der Waals surface area (Å²) in [5.74, 6) is 3.23. The minimum absolute atomic E-state index is 0.0584. The fourth-order valence-corrected chi connectivity index (χ4v) is 3.32. The van der Waals surface area contributed by atoms with Crippen LogP contribution in [0.3, 0.4) is 0 Å². The van der Waals surface area contributed by atoms with Gasteiger partial charge in [0.1, 0.15) is 11.9 Å². The van der Waals surface area contributed by atoms with Crippen LogP contribution in [-0.4, -0.2) is 41.8 Å². The molecule has 0 spiro atoms. The average molecular weight is 436 g/mol. The van der Waals surface area contributed by atoms with Crippen LogP contribution in [0.4, 0.5) is 0 Å². The van der Waals surface area contributed by atoms with Crippen LogP contribution in [0.25, 0.3) is 0 Å². The molecule has 0 amide bonds. The van der Waals surface area contributed by atoms with Crippen molar-refractivity contribution in [1.29, 1.82) is 0 Å². The molecular weight excluding hydrogens is 402 g/mol. The Kier molecular flexibility index (Phi) is 8.54. The summed E-state index contributed by atoms with van der Waals surface area (Å²) >= 11 is 0. The van der Waals surface area contributed by atoms with E-state index in [0.717, 1.165) is 41.9 Å². The number of nitrogens with zero attached hydrogens (tertiary/aromatic N) is 3. The first-order valence-corrected chi connectivity index (χ1v) is 11.0. The Morgan fingerprint density at radius 3 is 2.59 bits per heavy atom. The van der Waals surface area contributed by atoms with Gasteiger partial charge in [0.25, 0.3) is 0 Å². The van der Waals surface area contributed by atoms with Crippen LogP contribution in [0, 0.1) is 6.92 Å². The van der Waals surface area contributed by atoms with E-state index >= 15 is 0 Å². The number of imidazole rings is 1. The molecule has 0 aliphatic heterocycles. The summed E-state index contributed by atoms with van der Waals surface area (Å²) in [5.41, 5.74) is 2.39. The highest BCUT2D eigenvalue weighted by atomic mass is 16.5. The molecular formula is C25H33N5O2. The molecule has 0 fully saturated rings. The summed E-state index contributed by atoms with van der Waals surface area (Å²) in [5, 5.41) is 6.67. The molecule has 1 heterocycles. The van der Waals surface area contributed by atoms with E-state index in [0.29, 0.717) is 13.1 Å². The third kappa shape index (κ3) is 6.77. The van der Waals surface area contributed by atoms with Crippen molar-refractivity contribution in [1.82, 2.24) is 20.2 Å². The Hall–Kier alpha value is -3.48. The van der Waals surface area contributed by atoms with E-state index in [1.54, 1.807) is 7.11 Å². The number of aliphatic imine (C=N–C) groups is 1. The number of ether oxygens (including phenoxy) is 2. The molecule has 3 rings (SSSR count). The molecule has 0 saturated carbocycles. The van der Waals surface area contributed by atoms with Crippen molar-refractivity contribution in [2.24, 2.45) is 4.99 Å². The highest BCUT2D eigenvalue weighted by Gasteiger charge is 2.09. The van der Waals surface area contributed by atoms with E-state index in [4.69, 9.17) is 14.5 Å². The van der Waals surface area contributed by atoms with Crippen molar-refractivity contribution in [3.8, 4) is 11.5 Å². The van der Waals surface area contributed by atoms with Crippen molar-refractivity contribution in [2.45, 2.75) is 40.0 Å². The first-order valence-electron chi connectivity index (χ1n) is 11.0. The second-order valence-electron chi connectivity index (χ2n) is 7.58. The third-order valence-electron chi connectivity index (χ3n) is 4.99. The predicted molar refractivity (Wildman–Crippen MR) is 128 cm³/mol. The van der Waals surface area contributed by atoms with Crippen molar-refractivity contribution < 1.29 is 9.47 Å². The van der Waals surface area contributed by atoms with Gasteiger partial charge in [-0.1, -0.05) is 36.4 Å². The van der Waals surface area contributed by atoms with Crippen molar-refractivity contribution >= 4 is 5.96 Å². The lowest BCUT2D eigenvalue weighted by atomic mass is 10.1. The summed E-state index contributed by atoms with van der Waals surface area (Å²) in [6.07, 6.45) is 3.77. The van der Waals surface area contributed by atoms with Crippen LogP contribution in [0.1, 0.15) is 30.8 Å². The van der Waals surface area contributed by atoms with Crippen molar-refractivity contribution in [2.75, 3.05) is 20.2 Å². The minimum atomic E-state index is -0.0584. The van der Waals surface area contributed by atoms with Gasteiger partial charge in [0, 0.05) is 25.5 Å². The molecule has 1 unspecified atom stereocenters. The summed E-state index contributed by atoms with van der Waals surface area (Å²) in [4.78, 5) is 9.04. The Morgan fingerprint density at radius 1 is 1.09 bits per heavy atom. The number of aryl methyl sites for hydroxylation is 1. The van der Waals surface area contributed by atoms with Gasteiger partial charge in [0.2, 0.25) is 0 Å². The molecule has 1 aromatic heterocycles. The van der Waals surface area contributed by atoms with E-state index in [1.165, 1.54) is 5.56 Å². The zero-order valence-corrected chi connectivity index (χ0v) is 19.3. The van der Waals surface area contributed by atoms with Crippen LogP contribution in [0.2, 0.25) is 0 Å². The van der Waals surface area contributed by atoms with Gasteiger partial charge in [-0.3, -0.25) is 0 Å². The Morgan fingerprint density at radius 2 is 1.88 bits per heavy atom. The molecule has 0 bridgehead atoms.